The van der Waals surface area contributed by atoms with E-state index in [0.29, 0.717) is 11.3 Å². The molecule has 0 heterocycles. The lowest BCUT2D eigenvalue weighted by Gasteiger charge is -2.32. The maximum atomic E-state index is 13.9. The molecule has 208 valence electrons. The van der Waals surface area contributed by atoms with Crippen LogP contribution in [0.1, 0.15) is 26.3 Å². The van der Waals surface area contributed by atoms with Gasteiger partial charge in [0.2, 0.25) is 11.8 Å². The highest BCUT2D eigenvalue weighted by atomic mass is 35.5. The second kappa shape index (κ2) is 12.9. The van der Waals surface area contributed by atoms with Crippen LogP contribution in [-0.2, 0) is 26.2 Å². The number of hydrogen-bond acceptors (Lipinski definition) is 5. The Labute approximate surface area is 233 Å². The third-order valence-electron chi connectivity index (χ3n) is 5.89. The zero-order valence-corrected chi connectivity index (χ0v) is 23.7. The molecule has 0 unspecified atom stereocenters. The van der Waals surface area contributed by atoms with E-state index in [-0.39, 0.29) is 28.2 Å². The number of amides is 2. The largest absolute Gasteiger partial charge is 0.497 e. The summed E-state index contributed by atoms with van der Waals surface area (Å²) in [7, 11) is -2.76. The maximum absolute atomic E-state index is 13.9. The number of benzene rings is 3. The van der Waals surface area contributed by atoms with Gasteiger partial charge in [0, 0.05) is 12.6 Å². The van der Waals surface area contributed by atoms with Gasteiger partial charge in [0.05, 0.1) is 22.7 Å². The van der Waals surface area contributed by atoms with Crippen molar-refractivity contribution in [2.75, 3.05) is 18.0 Å². The first-order valence-electron chi connectivity index (χ1n) is 12.2. The van der Waals surface area contributed by atoms with Crippen molar-refractivity contribution < 1.29 is 27.1 Å². The normalized spacial score (nSPS) is 12.1. The number of nitrogens with zero attached hydrogens (tertiary/aromatic N) is 2. The van der Waals surface area contributed by atoms with Crippen molar-refractivity contribution in [3.63, 3.8) is 0 Å². The van der Waals surface area contributed by atoms with E-state index in [4.69, 9.17) is 16.3 Å². The SMILES string of the molecule is COc1cccc(CN(C(=O)CN(c2ccc(F)c(Cl)c2)S(=O)(=O)c2ccccc2)[C@H](C)C(=O)NC(C)C)c1. The highest BCUT2D eigenvalue weighted by Crippen LogP contribution is 2.28. The molecule has 0 saturated carbocycles. The molecule has 0 spiro atoms. The quantitative estimate of drug-likeness (QED) is 0.360. The lowest BCUT2D eigenvalue weighted by molar-refractivity contribution is -0.139. The third-order valence-corrected chi connectivity index (χ3v) is 7.96. The molecule has 3 rings (SSSR count). The van der Waals surface area contributed by atoms with E-state index in [0.717, 1.165) is 16.4 Å². The predicted octanol–water partition coefficient (Wildman–Crippen LogP) is 4.62. The molecule has 3 aromatic carbocycles. The van der Waals surface area contributed by atoms with Crippen molar-refractivity contribution >= 4 is 39.1 Å². The van der Waals surface area contributed by atoms with Crippen LogP contribution in [0.5, 0.6) is 5.75 Å². The fourth-order valence-corrected chi connectivity index (χ4v) is 5.45. The zero-order valence-electron chi connectivity index (χ0n) is 22.1. The van der Waals surface area contributed by atoms with Gasteiger partial charge in [0.25, 0.3) is 10.0 Å². The number of ether oxygens (including phenoxy) is 1. The van der Waals surface area contributed by atoms with Crippen molar-refractivity contribution in [2.24, 2.45) is 0 Å². The van der Waals surface area contributed by atoms with Crippen LogP contribution >= 0.6 is 11.6 Å². The lowest BCUT2D eigenvalue weighted by Crippen LogP contribution is -2.52. The Morgan fingerprint density at radius 2 is 1.69 bits per heavy atom. The third kappa shape index (κ3) is 7.48. The number of anilines is 1. The smallest absolute Gasteiger partial charge is 0.264 e. The minimum Gasteiger partial charge on any atom is -0.497 e. The van der Waals surface area contributed by atoms with Gasteiger partial charge in [0.1, 0.15) is 24.2 Å². The molecule has 1 atom stereocenters. The molecule has 8 nitrogen and oxygen atoms in total. The molecule has 0 aliphatic heterocycles. The molecule has 0 fully saturated rings. The Morgan fingerprint density at radius 3 is 2.31 bits per heavy atom. The van der Waals surface area contributed by atoms with Crippen molar-refractivity contribution in [3.05, 3.63) is 89.2 Å². The summed E-state index contributed by atoms with van der Waals surface area (Å²) in [5, 5.41) is 2.49. The summed E-state index contributed by atoms with van der Waals surface area (Å²) in [4.78, 5) is 28.0. The molecule has 0 aromatic heterocycles. The molecule has 3 aromatic rings. The minimum absolute atomic E-state index is 0.000724. The van der Waals surface area contributed by atoms with E-state index in [1.54, 1.807) is 63.2 Å². The van der Waals surface area contributed by atoms with E-state index >= 15 is 0 Å². The molecule has 0 radical (unpaired) electrons. The van der Waals surface area contributed by atoms with E-state index in [2.05, 4.69) is 5.32 Å². The van der Waals surface area contributed by atoms with Gasteiger partial charge in [0.15, 0.2) is 0 Å². The second-order valence-corrected chi connectivity index (χ2v) is 11.4. The van der Waals surface area contributed by atoms with Crippen molar-refractivity contribution in [1.82, 2.24) is 10.2 Å². The van der Waals surface area contributed by atoms with Gasteiger partial charge < -0.3 is 15.0 Å². The molecule has 0 aliphatic rings. The number of sulfonamides is 1. The van der Waals surface area contributed by atoms with Crippen molar-refractivity contribution in [2.45, 2.75) is 44.3 Å². The number of halogens is 2. The Hall–Kier alpha value is -3.63. The summed E-state index contributed by atoms with van der Waals surface area (Å²) >= 11 is 5.97. The molecule has 1 N–H and O–H groups in total. The van der Waals surface area contributed by atoms with Crippen LogP contribution in [0.2, 0.25) is 5.02 Å². The van der Waals surface area contributed by atoms with Gasteiger partial charge in [-0.1, -0.05) is 41.9 Å². The molecule has 0 saturated heterocycles. The highest BCUT2D eigenvalue weighted by molar-refractivity contribution is 7.92. The first kappa shape index (κ1) is 29.9. The summed E-state index contributed by atoms with van der Waals surface area (Å²) in [6.07, 6.45) is 0. The Morgan fingerprint density at radius 1 is 1.00 bits per heavy atom. The average Bonchev–Trinajstić information content (AvgIpc) is 2.91. The van der Waals surface area contributed by atoms with E-state index in [9.17, 15) is 22.4 Å². The molecule has 0 aliphatic carbocycles. The summed E-state index contributed by atoms with van der Waals surface area (Å²) in [6.45, 7) is 4.51. The molecule has 39 heavy (non-hydrogen) atoms. The molecule has 11 heteroatoms. The minimum atomic E-state index is -4.28. The zero-order chi connectivity index (χ0) is 28.7. The van der Waals surface area contributed by atoms with Gasteiger partial charge in [-0.15, -0.1) is 0 Å². The van der Waals surface area contributed by atoms with E-state index < -0.39 is 40.2 Å². The van der Waals surface area contributed by atoms with Crippen LogP contribution in [0.15, 0.2) is 77.7 Å². The van der Waals surface area contributed by atoms with Crippen LogP contribution in [0.3, 0.4) is 0 Å². The number of rotatable bonds is 11. The number of carbonyl (C=O) groups excluding carboxylic acids is 2. The summed E-state index contributed by atoms with van der Waals surface area (Å²) < 4.78 is 47.5. The number of nitrogens with one attached hydrogen (secondary N) is 1. The first-order valence-corrected chi connectivity index (χ1v) is 14.0. The molecule has 2 amide bonds. The first-order chi connectivity index (χ1) is 18.4. The fourth-order valence-electron chi connectivity index (χ4n) is 3.84. The van der Waals surface area contributed by atoms with Gasteiger partial charge in [-0.05, 0) is 68.8 Å². The Bertz CT molecular complexity index is 1420. The monoisotopic (exact) mass is 575 g/mol. The lowest BCUT2D eigenvalue weighted by atomic mass is 10.1. The number of methoxy groups -OCH3 is 1. The molecular formula is C28H31ClFN3O5S. The number of carbonyl (C=O) groups is 2. The maximum Gasteiger partial charge on any atom is 0.264 e. The Balaban J connectivity index is 2.05. The van der Waals surface area contributed by atoms with Crippen LogP contribution in [0.4, 0.5) is 10.1 Å². The fraction of sp³-hybridized carbons (Fsp3) is 0.286. The average molecular weight is 576 g/mol. The van der Waals surface area contributed by atoms with Crippen LogP contribution in [0, 0.1) is 5.82 Å². The topological polar surface area (TPSA) is 96.0 Å². The van der Waals surface area contributed by atoms with E-state index in [1.165, 1.54) is 30.2 Å². The number of hydrogen-bond donors (Lipinski definition) is 1. The van der Waals surface area contributed by atoms with Gasteiger partial charge >= 0.3 is 0 Å². The second-order valence-electron chi connectivity index (χ2n) is 9.14. The van der Waals surface area contributed by atoms with Gasteiger partial charge in [-0.3, -0.25) is 13.9 Å². The Kier molecular flexibility index (Phi) is 9.93. The van der Waals surface area contributed by atoms with Gasteiger partial charge in [-0.2, -0.15) is 0 Å². The van der Waals surface area contributed by atoms with Crippen molar-refractivity contribution in [3.8, 4) is 5.75 Å². The summed E-state index contributed by atoms with van der Waals surface area (Å²) in [5.41, 5.74) is 0.674. The molecular weight excluding hydrogens is 545 g/mol. The van der Waals surface area contributed by atoms with Crippen molar-refractivity contribution in [1.29, 1.82) is 0 Å². The van der Waals surface area contributed by atoms with Crippen LogP contribution < -0.4 is 14.4 Å². The van der Waals surface area contributed by atoms with E-state index in [1.807, 2.05) is 0 Å². The highest BCUT2D eigenvalue weighted by Gasteiger charge is 2.33. The standard InChI is InChI=1S/C28H31ClFN3O5S/c1-19(2)31-28(35)20(3)32(17-21-9-8-10-23(15-21)38-4)27(34)18-33(22-13-14-26(30)25(29)16-22)39(36,37)24-11-6-5-7-12-24/h5-16,19-20H,17-18H2,1-4H3,(H,31,35)/t20-/m1/s1. The van der Waals surface area contributed by atoms with Crippen LogP contribution in [-0.4, -0.2) is 50.9 Å². The molecule has 0 bridgehead atoms. The van der Waals surface area contributed by atoms with Crippen LogP contribution in [0.25, 0.3) is 0 Å². The van der Waals surface area contributed by atoms with Gasteiger partial charge in [-0.25, -0.2) is 12.8 Å². The predicted molar refractivity (Wildman–Crippen MR) is 149 cm³/mol. The summed E-state index contributed by atoms with van der Waals surface area (Å²) in [6, 6.07) is 16.8. The summed E-state index contributed by atoms with van der Waals surface area (Å²) in [5.74, 6) is -1.22.